The number of aryl methyl sites for hydroxylation is 2. The van der Waals surface area contributed by atoms with Crippen molar-refractivity contribution in [2.75, 3.05) is 0 Å². The van der Waals surface area contributed by atoms with Gasteiger partial charge in [0, 0.05) is 20.1 Å². The van der Waals surface area contributed by atoms with Gasteiger partial charge in [0.25, 0.3) is 0 Å². The minimum atomic E-state index is 0.221. The molecule has 5 aromatic rings. The first-order chi connectivity index (χ1) is 15.0. The fraction of sp³-hybridized carbons (Fsp3) is 0.0769. The van der Waals surface area contributed by atoms with Gasteiger partial charge in [-0.3, -0.25) is 0 Å². The number of benzene rings is 4. The van der Waals surface area contributed by atoms with Crippen LogP contribution in [0.25, 0.3) is 32.0 Å². The molecule has 0 bridgehead atoms. The maximum atomic E-state index is 10.3. The molecule has 0 unspecified atom stereocenters. The van der Waals surface area contributed by atoms with Crippen molar-refractivity contribution in [1.29, 1.82) is 0 Å². The zero-order valence-electron chi connectivity index (χ0n) is 16.9. The molecule has 1 N–H and O–H groups in total. The summed E-state index contributed by atoms with van der Waals surface area (Å²) in [5, 5.41) is 14.0. The first-order valence-electron chi connectivity index (χ1n) is 9.81. The molecule has 0 fully saturated rings. The lowest BCUT2D eigenvalue weighted by Gasteiger charge is -2.16. The van der Waals surface area contributed by atoms with Crippen LogP contribution in [0.15, 0.2) is 85.5 Å². The van der Waals surface area contributed by atoms with Crippen molar-refractivity contribution in [2.24, 2.45) is 0 Å². The molecule has 0 aliphatic heterocycles. The van der Waals surface area contributed by atoms with Gasteiger partial charge in [-0.25, -0.2) is 0 Å². The number of phenols is 1. The molecule has 5 rings (SSSR count). The van der Waals surface area contributed by atoms with Gasteiger partial charge >= 0.3 is 0 Å². The van der Waals surface area contributed by atoms with Gasteiger partial charge in [-0.05, 0) is 97.4 Å². The first kappa shape index (κ1) is 21.1. The van der Waals surface area contributed by atoms with E-state index >= 15 is 0 Å². The number of thiophene rings is 1. The van der Waals surface area contributed by atoms with Crippen molar-refractivity contribution in [3.05, 3.63) is 86.1 Å². The van der Waals surface area contributed by atoms with E-state index in [9.17, 15) is 5.11 Å². The van der Waals surface area contributed by atoms with E-state index in [-0.39, 0.29) is 5.75 Å². The Morgan fingerprint density at radius 3 is 2.13 bits per heavy atom. The van der Waals surface area contributed by atoms with E-state index in [1.165, 1.54) is 46.7 Å². The van der Waals surface area contributed by atoms with Crippen molar-refractivity contribution < 1.29 is 5.11 Å². The molecule has 0 aliphatic carbocycles. The zero-order chi connectivity index (χ0) is 21.7. The highest BCUT2D eigenvalue weighted by atomic mass is 79.9. The largest absolute Gasteiger partial charge is 0.506 e. The van der Waals surface area contributed by atoms with Gasteiger partial charge in [0.15, 0.2) is 0 Å². The Bertz CT molecular complexity index is 1430. The lowest BCUT2D eigenvalue weighted by molar-refractivity contribution is 0.468. The number of rotatable bonds is 3. The summed E-state index contributed by atoms with van der Waals surface area (Å²) in [7, 11) is 0. The van der Waals surface area contributed by atoms with Gasteiger partial charge in [0.2, 0.25) is 0 Å². The Morgan fingerprint density at radius 1 is 0.839 bits per heavy atom. The van der Waals surface area contributed by atoms with Gasteiger partial charge in [0.1, 0.15) is 5.75 Å². The predicted octanol–water partition coefficient (Wildman–Crippen LogP) is 9.72. The second-order valence-electron chi connectivity index (χ2n) is 7.44. The highest BCUT2D eigenvalue weighted by Gasteiger charge is 2.21. The number of hydrogen-bond acceptors (Lipinski definition) is 3. The molecule has 0 saturated heterocycles. The molecule has 5 heteroatoms. The van der Waals surface area contributed by atoms with Crippen LogP contribution < -0.4 is 0 Å². The van der Waals surface area contributed by atoms with Gasteiger partial charge < -0.3 is 5.11 Å². The smallest absolute Gasteiger partial charge is 0.143 e. The third-order valence-electron chi connectivity index (χ3n) is 5.55. The summed E-state index contributed by atoms with van der Waals surface area (Å²) in [4.78, 5) is 3.87. The molecule has 1 heterocycles. The van der Waals surface area contributed by atoms with Crippen molar-refractivity contribution in [3.8, 4) is 16.9 Å². The Kier molecular flexibility index (Phi) is 5.63. The molecule has 0 radical (unpaired) electrons. The van der Waals surface area contributed by atoms with Gasteiger partial charge in [-0.15, -0.1) is 11.3 Å². The second kappa shape index (κ2) is 8.28. The first-order valence-corrected chi connectivity index (χ1v) is 13.0. The Labute approximate surface area is 206 Å². The summed E-state index contributed by atoms with van der Waals surface area (Å²) in [6.07, 6.45) is 0. The number of fused-ring (bicyclic) bond motifs is 2. The molecule has 0 amide bonds. The average Bonchev–Trinajstić information content (AvgIpc) is 3.07. The van der Waals surface area contributed by atoms with E-state index < -0.39 is 0 Å². The third kappa shape index (κ3) is 3.62. The van der Waals surface area contributed by atoms with Crippen molar-refractivity contribution in [1.82, 2.24) is 0 Å². The van der Waals surface area contributed by atoms with Crippen LogP contribution in [-0.2, 0) is 0 Å². The minimum Gasteiger partial charge on any atom is -0.506 e. The Hall–Kier alpha value is -1.79. The molecule has 1 nitrogen and oxygen atoms in total. The van der Waals surface area contributed by atoms with E-state index in [0.717, 1.165) is 5.56 Å². The average molecular weight is 570 g/mol. The summed E-state index contributed by atoms with van der Waals surface area (Å²) >= 11 is 10.7. The van der Waals surface area contributed by atoms with Crippen LogP contribution in [0, 0.1) is 13.8 Å². The van der Waals surface area contributed by atoms with Crippen LogP contribution in [-0.4, -0.2) is 5.11 Å². The molecule has 4 aromatic carbocycles. The Morgan fingerprint density at radius 2 is 1.45 bits per heavy atom. The third-order valence-corrected chi connectivity index (χ3v) is 9.25. The fourth-order valence-electron chi connectivity index (χ4n) is 3.96. The van der Waals surface area contributed by atoms with Gasteiger partial charge in [0.05, 0.1) is 13.6 Å². The quantitative estimate of drug-likeness (QED) is 0.233. The summed E-state index contributed by atoms with van der Waals surface area (Å²) in [5.74, 6) is 0.221. The lowest BCUT2D eigenvalue weighted by Crippen LogP contribution is -1.89. The molecular weight excluding hydrogens is 552 g/mol. The van der Waals surface area contributed by atoms with E-state index in [4.69, 9.17) is 0 Å². The van der Waals surface area contributed by atoms with Gasteiger partial charge in [-0.1, -0.05) is 54.2 Å². The topological polar surface area (TPSA) is 20.2 Å². The number of halogens is 2. The highest BCUT2D eigenvalue weighted by molar-refractivity contribution is 9.11. The summed E-state index contributed by atoms with van der Waals surface area (Å²) in [5.41, 5.74) is 3.61. The molecule has 0 saturated carbocycles. The maximum Gasteiger partial charge on any atom is 0.143 e. The van der Waals surface area contributed by atoms with E-state index in [1.807, 2.05) is 35.2 Å². The predicted molar refractivity (Wildman–Crippen MR) is 142 cm³/mol. The normalized spacial score (nSPS) is 11.5. The SMILES string of the molecule is Cc1sc2c(Sc3ccccc3)c3ccccc3c(-c3cc(Br)c(O)c(Br)c3)c2c1C. The van der Waals surface area contributed by atoms with Crippen molar-refractivity contribution >= 4 is 75.8 Å². The molecule has 1 aromatic heterocycles. The zero-order valence-corrected chi connectivity index (χ0v) is 21.7. The van der Waals surface area contributed by atoms with Crippen LogP contribution in [0.2, 0.25) is 0 Å². The minimum absolute atomic E-state index is 0.221. The summed E-state index contributed by atoms with van der Waals surface area (Å²) in [6, 6.07) is 23.2. The monoisotopic (exact) mass is 568 g/mol. The van der Waals surface area contributed by atoms with Crippen molar-refractivity contribution in [3.63, 3.8) is 0 Å². The molecule has 154 valence electrons. The standard InChI is InChI=1S/C26H18Br2OS2/c1-14-15(2)30-26-22(14)23(16-12-20(27)24(29)21(28)13-16)18-10-6-7-11-19(18)25(26)31-17-8-4-3-5-9-17/h3-13,29H,1-2H3. The highest BCUT2D eigenvalue weighted by Crippen LogP contribution is 2.50. The van der Waals surface area contributed by atoms with E-state index in [0.29, 0.717) is 8.95 Å². The van der Waals surface area contributed by atoms with E-state index in [2.05, 4.69) is 100 Å². The lowest BCUT2D eigenvalue weighted by atomic mass is 9.93. The summed E-state index contributed by atoms with van der Waals surface area (Å²) in [6.45, 7) is 4.42. The van der Waals surface area contributed by atoms with Gasteiger partial charge in [-0.2, -0.15) is 0 Å². The van der Waals surface area contributed by atoms with Crippen LogP contribution in [0.4, 0.5) is 0 Å². The van der Waals surface area contributed by atoms with E-state index in [1.54, 1.807) is 0 Å². The molecule has 0 aliphatic rings. The number of aromatic hydroxyl groups is 1. The molecule has 31 heavy (non-hydrogen) atoms. The number of hydrogen-bond donors (Lipinski definition) is 1. The Balaban J connectivity index is 1.92. The van der Waals surface area contributed by atoms with Crippen molar-refractivity contribution in [2.45, 2.75) is 23.6 Å². The number of phenolic OH excluding ortho intramolecular Hbond substituents is 1. The van der Waals surface area contributed by atoms with Crippen LogP contribution >= 0.6 is 55.0 Å². The van der Waals surface area contributed by atoms with Crippen LogP contribution in [0.1, 0.15) is 10.4 Å². The fourth-order valence-corrected chi connectivity index (χ4v) is 7.53. The van der Waals surface area contributed by atoms with Crippen LogP contribution in [0.5, 0.6) is 5.75 Å². The molecule has 0 spiro atoms. The van der Waals surface area contributed by atoms with Crippen LogP contribution in [0.3, 0.4) is 0 Å². The molecule has 0 atom stereocenters. The maximum absolute atomic E-state index is 10.3. The molecular formula is C26H18Br2OS2. The second-order valence-corrected chi connectivity index (χ2v) is 11.5. The summed E-state index contributed by atoms with van der Waals surface area (Å²) < 4.78 is 2.68.